The number of amides is 4. The van der Waals surface area contributed by atoms with Gasteiger partial charge in [-0.15, -0.1) is 0 Å². The maximum absolute atomic E-state index is 13.1. The highest BCUT2D eigenvalue weighted by atomic mass is 16.4. The van der Waals surface area contributed by atoms with Crippen LogP contribution in [0.3, 0.4) is 0 Å². The summed E-state index contributed by atoms with van der Waals surface area (Å²) < 4.78 is 0. The molecule has 0 aromatic carbocycles. The van der Waals surface area contributed by atoms with Crippen molar-refractivity contribution in [2.24, 2.45) is 35.5 Å². The molecule has 6 unspecified atom stereocenters. The van der Waals surface area contributed by atoms with Crippen LogP contribution in [0.1, 0.15) is 26.7 Å². The highest BCUT2D eigenvalue weighted by molar-refractivity contribution is 6.13. The number of hydrogen-bond acceptors (Lipinski definition) is 6. The van der Waals surface area contributed by atoms with Gasteiger partial charge in [-0.3, -0.25) is 29.0 Å². The van der Waals surface area contributed by atoms with Crippen LogP contribution in [0.4, 0.5) is 0 Å². The normalized spacial score (nSPS) is 36.2. The van der Waals surface area contributed by atoms with Gasteiger partial charge in [-0.25, -0.2) is 9.59 Å². The summed E-state index contributed by atoms with van der Waals surface area (Å²) in [4.78, 5) is 77.1. The summed E-state index contributed by atoms with van der Waals surface area (Å²) >= 11 is 0. The number of likely N-dealkylation sites (tertiary alicyclic amines) is 2. The predicted molar refractivity (Wildman–Crippen MR) is 97.2 cm³/mol. The van der Waals surface area contributed by atoms with Crippen LogP contribution in [0.5, 0.6) is 0 Å². The van der Waals surface area contributed by atoms with Gasteiger partial charge < -0.3 is 10.2 Å². The van der Waals surface area contributed by atoms with E-state index in [1.54, 1.807) is 26.0 Å². The van der Waals surface area contributed by atoms with Gasteiger partial charge in [0.15, 0.2) is 0 Å². The number of carboxylic acid groups (broad SMARTS) is 2. The van der Waals surface area contributed by atoms with Crippen LogP contribution in [-0.2, 0) is 28.8 Å². The standard InChI is InChI=1S/C20H22N2O8/c1-3-9(19(27)28)21-15(23)11-7-5-6-8(12(11)16(21)24)14-13(7)17(25)22(18(14)26)10(4-2)20(29)30/h5-14H,3-4H2,1-2H3,(H,27,28)(H,29,30). The molecule has 3 fully saturated rings. The van der Waals surface area contributed by atoms with Crippen molar-refractivity contribution in [3.8, 4) is 0 Å². The number of allylic oxidation sites excluding steroid dienone is 2. The van der Waals surface area contributed by atoms with E-state index in [-0.39, 0.29) is 12.8 Å². The molecule has 0 radical (unpaired) electrons. The summed E-state index contributed by atoms with van der Waals surface area (Å²) in [5, 5.41) is 18.9. The Bertz CT molecular complexity index is 794. The van der Waals surface area contributed by atoms with E-state index in [9.17, 15) is 39.0 Å². The first-order chi connectivity index (χ1) is 14.2. The molecule has 5 rings (SSSR count). The lowest BCUT2D eigenvalue weighted by molar-refractivity contribution is -0.156. The minimum atomic E-state index is -1.30. The number of aliphatic carboxylic acids is 2. The van der Waals surface area contributed by atoms with Crippen molar-refractivity contribution in [3.63, 3.8) is 0 Å². The van der Waals surface area contributed by atoms with Crippen molar-refractivity contribution >= 4 is 35.6 Å². The molecule has 2 bridgehead atoms. The Morgan fingerprint density at radius 1 is 0.733 bits per heavy atom. The van der Waals surface area contributed by atoms with Crippen LogP contribution in [-0.4, -0.2) is 67.7 Å². The van der Waals surface area contributed by atoms with Gasteiger partial charge in [-0.05, 0) is 12.8 Å². The molecule has 0 spiro atoms. The Morgan fingerprint density at radius 2 is 1.00 bits per heavy atom. The average Bonchev–Trinajstić information content (AvgIpc) is 3.12. The molecular weight excluding hydrogens is 396 g/mol. The summed E-state index contributed by atoms with van der Waals surface area (Å²) in [7, 11) is 0. The lowest BCUT2D eigenvalue weighted by Crippen LogP contribution is -2.50. The third kappa shape index (κ3) is 2.36. The van der Waals surface area contributed by atoms with Crippen molar-refractivity contribution in [2.45, 2.75) is 38.8 Å². The molecule has 2 heterocycles. The summed E-state index contributed by atoms with van der Waals surface area (Å²) in [6.07, 6.45) is 3.40. The van der Waals surface area contributed by atoms with Crippen LogP contribution in [0.2, 0.25) is 0 Å². The van der Waals surface area contributed by atoms with Crippen molar-refractivity contribution in [3.05, 3.63) is 12.2 Å². The highest BCUT2D eigenvalue weighted by Gasteiger charge is 2.69. The molecule has 3 aliphatic carbocycles. The van der Waals surface area contributed by atoms with Crippen LogP contribution in [0.25, 0.3) is 0 Å². The summed E-state index contributed by atoms with van der Waals surface area (Å²) in [6, 6.07) is -2.59. The molecule has 4 amide bonds. The fourth-order valence-corrected chi connectivity index (χ4v) is 5.82. The molecule has 0 aromatic heterocycles. The van der Waals surface area contributed by atoms with Gasteiger partial charge >= 0.3 is 11.9 Å². The van der Waals surface area contributed by atoms with Gasteiger partial charge in [0.2, 0.25) is 23.6 Å². The average molecular weight is 418 g/mol. The third-order valence-corrected chi connectivity index (χ3v) is 7.05. The second-order valence-electron chi connectivity index (χ2n) is 8.26. The van der Waals surface area contributed by atoms with Gasteiger partial charge in [0.1, 0.15) is 12.1 Å². The number of rotatable bonds is 6. The van der Waals surface area contributed by atoms with E-state index >= 15 is 0 Å². The molecule has 10 nitrogen and oxygen atoms in total. The van der Waals surface area contributed by atoms with Gasteiger partial charge in [0.25, 0.3) is 0 Å². The molecule has 6 atom stereocenters. The molecule has 5 aliphatic rings. The zero-order chi connectivity index (χ0) is 22.1. The Morgan fingerprint density at radius 3 is 1.20 bits per heavy atom. The molecule has 2 saturated heterocycles. The Hall–Kier alpha value is -3.04. The first-order valence-electron chi connectivity index (χ1n) is 10.0. The van der Waals surface area contributed by atoms with Gasteiger partial charge in [-0.1, -0.05) is 26.0 Å². The monoisotopic (exact) mass is 418 g/mol. The third-order valence-electron chi connectivity index (χ3n) is 7.05. The van der Waals surface area contributed by atoms with E-state index in [0.29, 0.717) is 0 Å². The summed E-state index contributed by atoms with van der Waals surface area (Å²) in [5.74, 6) is -10.3. The van der Waals surface area contributed by atoms with E-state index in [0.717, 1.165) is 9.80 Å². The minimum absolute atomic E-state index is 0.0459. The molecular formula is C20H22N2O8. The van der Waals surface area contributed by atoms with Gasteiger partial charge in [0, 0.05) is 11.8 Å². The van der Waals surface area contributed by atoms with E-state index in [2.05, 4.69) is 0 Å². The van der Waals surface area contributed by atoms with Crippen molar-refractivity contribution in [1.29, 1.82) is 0 Å². The largest absolute Gasteiger partial charge is 0.480 e. The number of carboxylic acids is 2. The van der Waals surface area contributed by atoms with Crippen molar-refractivity contribution < 1.29 is 39.0 Å². The minimum Gasteiger partial charge on any atom is -0.480 e. The van der Waals surface area contributed by atoms with E-state index in [4.69, 9.17) is 0 Å². The van der Waals surface area contributed by atoms with Crippen LogP contribution in [0, 0.1) is 35.5 Å². The number of hydrogen-bond donors (Lipinski definition) is 2. The number of carbonyl (C=O) groups is 6. The predicted octanol–water partition coefficient (Wildman–Crippen LogP) is -0.269. The van der Waals surface area contributed by atoms with E-state index in [1.165, 1.54) is 0 Å². The zero-order valence-corrected chi connectivity index (χ0v) is 16.4. The van der Waals surface area contributed by atoms with E-state index in [1.807, 2.05) is 0 Å². The molecule has 160 valence electrons. The Kier molecular flexibility index (Phi) is 4.55. The Balaban J connectivity index is 1.74. The molecule has 10 heteroatoms. The fourth-order valence-electron chi connectivity index (χ4n) is 5.82. The molecule has 0 aromatic rings. The lowest BCUT2D eigenvalue weighted by atomic mass is 9.54. The maximum atomic E-state index is 13.1. The Labute approximate surface area is 171 Å². The smallest absolute Gasteiger partial charge is 0.326 e. The number of carbonyl (C=O) groups excluding carboxylic acids is 4. The lowest BCUT2D eigenvalue weighted by Gasteiger charge is -2.44. The van der Waals surface area contributed by atoms with Crippen LogP contribution >= 0.6 is 0 Å². The van der Waals surface area contributed by atoms with E-state index < -0.39 is 83.2 Å². The molecule has 2 aliphatic heterocycles. The first kappa shape index (κ1) is 20.2. The maximum Gasteiger partial charge on any atom is 0.326 e. The van der Waals surface area contributed by atoms with Crippen molar-refractivity contribution in [2.75, 3.05) is 0 Å². The second kappa shape index (κ2) is 6.75. The second-order valence-corrected chi connectivity index (χ2v) is 8.26. The van der Waals surface area contributed by atoms with Gasteiger partial charge in [0.05, 0.1) is 23.7 Å². The molecule has 2 N–H and O–H groups in total. The van der Waals surface area contributed by atoms with Crippen LogP contribution < -0.4 is 0 Å². The number of imide groups is 2. The van der Waals surface area contributed by atoms with Crippen molar-refractivity contribution in [1.82, 2.24) is 9.80 Å². The quantitative estimate of drug-likeness (QED) is 0.442. The fraction of sp³-hybridized carbons (Fsp3) is 0.600. The van der Waals surface area contributed by atoms with Crippen LogP contribution in [0.15, 0.2) is 12.2 Å². The SMILES string of the molecule is CCC(C(=O)O)N1C(=O)C2C3C=CC(C2C1=O)C1C(=O)N(C(CC)C(=O)O)C(=O)C31. The topological polar surface area (TPSA) is 149 Å². The first-order valence-corrected chi connectivity index (χ1v) is 10.0. The summed E-state index contributed by atoms with van der Waals surface area (Å²) in [6.45, 7) is 3.12. The zero-order valence-electron chi connectivity index (χ0n) is 16.4. The molecule has 30 heavy (non-hydrogen) atoms. The highest BCUT2D eigenvalue weighted by Crippen LogP contribution is 2.58. The molecule has 1 saturated carbocycles. The summed E-state index contributed by atoms with van der Waals surface area (Å²) in [5.41, 5.74) is 0. The van der Waals surface area contributed by atoms with Gasteiger partial charge in [-0.2, -0.15) is 0 Å². The number of nitrogens with zero attached hydrogens (tertiary/aromatic N) is 2.